The molecule has 8 nitrogen and oxygen atoms in total. The third kappa shape index (κ3) is 1.88. The summed E-state index contributed by atoms with van der Waals surface area (Å²) in [6.07, 6.45) is -0.708. The van der Waals surface area contributed by atoms with Gasteiger partial charge in [0.1, 0.15) is 0 Å². The molecule has 5 N–H and O–H groups in total. The predicted molar refractivity (Wildman–Crippen MR) is 42.1 cm³/mol. The molecule has 0 aromatic rings. The molecule has 13 heavy (non-hydrogen) atoms. The van der Waals surface area contributed by atoms with Gasteiger partial charge in [0.15, 0.2) is 5.03 Å². The minimum atomic E-state index is -4.45. The molecule has 0 amide bonds. The van der Waals surface area contributed by atoms with Gasteiger partial charge in [-0.3, -0.25) is 10.3 Å². The van der Waals surface area contributed by atoms with Crippen LogP contribution < -0.4 is 11.1 Å². The quantitative estimate of drug-likeness (QED) is 0.299. The summed E-state index contributed by atoms with van der Waals surface area (Å²) < 4.78 is 29.7. The zero-order valence-corrected chi connectivity index (χ0v) is 7.08. The number of hydrogen-bond donors (Lipinski definition) is 4. The molecule has 0 saturated carbocycles. The number of nitrogens with zero attached hydrogens (tertiary/aromatic N) is 1. The Bertz CT molecular complexity index is 396. The second kappa shape index (κ2) is 2.87. The van der Waals surface area contributed by atoms with Gasteiger partial charge in [-0.2, -0.15) is 8.42 Å². The second-order valence-electron chi connectivity index (χ2n) is 2.28. The third-order valence-electron chi connectivity index (χ3n) is 1.33. The van der Waals surface area contributed by atoms with E-state index in [4.69, 9.17) is 15.7 Å². The summed E-state index contributed by atoms with van der Waals surface area (Å²) >= 11 is 0. The molecule has 0 bridgehead atoms. The molecular weight excluding hydrogens is 200 g/mol. The minimum Gasteiger partial charge on any atom is -0.320 e. The van der Waals surface area contributed by atoms with E-state index in [-0.39, 0.29) is 4.76 Å². The van der Waals surface area contributed by atoms with Crippen LogP contribution in [0.1, 0.15) is 0 Å². The van der Waals surface area contributed by atoms with Crippen LogP contribution in [0.5, 0.6) is 0 Å². The molecule has 1 aliphatic rings. The van der Waals surface area contributed by atoms with Crippen molar-refractivity contribution in [3.8, 4) is 0 Å². The van der Waals surface area contributed by atoms with Crippen LogP contribution in [-0.4, -0.2) is 29.9 Å². The van der Waals surface area contributed by atoms with E-state index >= 15 is 0 Å². The highest BCUT2D eigenvalue weighted by atomic mass is 32.2. The molecule has 1 unspecified atom stereocenters. The van der Waals surface area contributed by atoms with E-state index in [0.29, 0.717) is 6.08 Å². The van der Waals surface area contributed by atoms with Crippen molar-refractivity contribution in [2.24, 2.45) is 5.73 Å². The maximum atomic E-state index is 10.8. The topological polar surface area (TPSA) is 136 Å². The first-order valence-corrected chi connectivity index (χ1v) is 4.52. The molecule has 9 heteroatoms. The Morgan fingerprint density at radius 3 is 2.62 bits per heavy atom. The molecule has 0 spiro atoms. The fraction of sp³-hybridized carbons (Fsp3) is 0.250. The van der Waals surface area contributed by atoms with Crippen molar-refractivity contribution in [2.75, 3.05) is 0 Å². The van der Waals surface area contributed by atoms with Crippen molar-refractivity contribution < 1.29 is 17.7 Å². The molecule has 0 aliphatic carbocycles. The summed E-state index contributed by atoms with van der Waals surface area (Å²) in [6, 6.07) is 0. The average molecular weight is 207 g/mol. The fourth-order valence-corrected chi connectivity index (χ4v) is 1.26. The monoisotopic (exact) mass is 207 g/mol. The Labute approximate surface area is 73.2 Å². The third-order valence-corrected chi connectivity index (χ3v) is 2.12. The van der Waals surface area contributed by atoms with Crippen LogP contribution >= 0.6 is 0 Å². The van der Waals surface area contributed by atoms with Gasteiger partial charge in [0.2, 0.25) is 0 Å². The van der Waals surface area contributed by atoms with Crippen molar-refractivity contribution in [1.82, 2.24) is 5.32 Å². The summed E-state index contributed by atoms with van der Waals surface area (Å²) in [7, 11) is -4.45. The van der Waals surface area contributed by atoms with E-state index in [2.05, 4.69) is 0 Å². The Morgan fingerprint density at radius 2 is 2.23 bits per heavy atom. The summed E-state index contributed by atoms with van der Waals surface area (Å²) in [6.45, 7) is 0. The number of hydrogen-bond acceptors (Lipinski definition) is 6. The molecule has 1 rings (SSSR count). The molecule has 1 atom stereocenters. The first-order valence-electron chi connectivity index (χ1n) is 3.08. The van der Waals surface area contributed by atoms with Crippen molar-refractivity contribution in [1.29, 1.82) is 5.41 Å². The number of nitroso groups, excluding NO2 is 1. The summed E-state index contributed by atoms with van der Waals surface area (Å²) in [4.78, 5) is 10.8. The van der Waals surface area contributed by atoms with Gasteiger partial charge in [-0.1, -0.05) is 10.3 Å². The van der Waals surface area contributed by atoms with Crippen molar-refractivity contribution in [2.45, 2.75) is 6.29 Å². The van der Waals surface area contributed by atoms with E-state index in [9.17, 15) is 13.3 Å². The van der Waals surface area contributed by atoms with E-state index in [1.54, 1.807) is 0 Å². The number of rotatable bonds is 1. The van der Waals surface area contributed by atoms with E-state index in [1.807, 2.05) is 5.32 Å². The van der Waals surface area contributed by atoms with Gasteiger partial charge in [-0.15, -0.1) is 0 Å². The van der Waals surface area contributed by atoms with Gasteiger partial charge < -0.3 is 5.32 Å². The summed E-state index contributed by atoms with van der Waals surface area (Å²) in [5.41, 5.74) is 5.10. The lowest BCUT2D eigenvalue weighted by Crippen LogP contribution is -2.51. The highest BCUT2D eigenvalue weighted by molar-refractivity contribution is 7.89. The normalized spacial score (nSPS) is 23.8. The molecular formula is C4H7N4O4S+. The average Bonchev–Trinajstić information content (AvgIpc) is 1.97. The van der Waals surface area contributed by atoms with E-state index < -0.39 is 27.3 Å². The Balaban J connectivity index is 3.13. The van der Waals surface area contributed by atoms with Crippen LogP contribution in [0.3, 0.4) is 0 Å². The van der Waals surface area contributed by atoms with Gasteiger partial charge in [-0.05, 0) is 0 Å². The molecule has 0 radical (unpaired) electrons. The SMILES string of the molecule is N=C1C=C(S(=O)(=O)O)NC(N)[N+]1=O. The maximum absolute atomic E-state index is 10.8. The maximum Gasteiger partial charge on any atom is 0.360 e. The molecule has 0 fully saturated rings. The van der Waals surface area contributed by atoms with E-state index in [0.717, 1.165) is 0 Å². The lowest BCUT2D eigenvalue weighted by molar-refractivity contribution is -0.483. The first kappa shape index (κ1) is 9.77. The van der Waals surface area contributed by atoms with Gasteiger partial charge >= 0.3 is 16.0 Å². The lowest BCUT2D eigenvalue weighted by Gasteiger charge is -2.15. The smallest absolute Gasteiger partial charge is 0.320 e. The summed E-state index contributed by atoms with van der Waals surface area (Å²) in [5, 5.41) is 8.33. The van der Waals surface area contributed by atoms with Gasteiger partial charge in [0, 0.05) is 4.76 Å². The van der Waals surface area contributed by atoms with Crippen LogP contribution in [0.4, 0.5) is 0 Å². The highest BCUT2D eigenvalue weighted by Crippen LogP contribution is 2.06. The van der Waals surface area contributed by atoms with Gasteiger partial charge in [0.25, 0.3) is 6.29 Å². The van der Waals surface area contributed by atoms with Crippen LogP contribution in [0.15, 0.2) is 11.1 Å². The first-order chi connectivity index (χ1) is 5.82. The largest absolute Gasteiger partial charge is 0.360 e. The molecule has 0 saturated heterocycles. The van der Waals surface area contributed by atoms with Gasteiger partial charge in [-0.25, -0.2) is 0 Å². The number of amidine groups is 1. The van der Waals surface area contributed by atoms with Crippen molar-refractivity contribution >= 4 is 16.0 Å². The van der Waals surface area contributed by atoms with Gasteiger partial charge in [0.05, 0.1) is 6.08 Å². The standard InChI is InChI=1S/C4H6N4O4S/c5-2-1-3(13(10,11)12)7-4(6)8(2)9/h1,4-5,7H,6H2/p+1. The molecule has 0 aromatic carbocycles. The predicted octanol–water partition coefficient (Wildman–Crippen LogP) is -1.68. The lowest BCUT2D eigenvalue weighted by atomic mass is 10.4. The van der Waals surface area contributed by atoms with E-state index in [1.165, 1.54) is 0 Å². The Kier molecular flexibility index (Phi) is 2.15. The molecule has 1 heterocycles. The van der Waals surface area contributed by atoms with Crippen LogP contribution in [0.2, 0.25) is 0 Å². The highest BCUT2D eigenvalue weighted by Gasteiger charge is 2.32. The number of nitrogens with one attached hydrogen (secondary N) is 2. The minimum absolute atomic E-state index is 0.0642. The molecule has 0 aromatic heterocycles. The Morgan fingerprint density at radius 1 is 1.69 bits per heavy atom. The van der Waals surface area contributed by atoms with Crippen LogP contribution in [0, 0.1) is 10.3 Å². The van der Waals surface area contributed by atoms with Crippen LogP contribution in [-0.2, 0) is 10.1 Å². The van der Waals surface area contributed by atoms with Crippen molar-refractivity contribution in [3.63, 3.8) is 0 Å². The zero-order valence-electron chi connectivity index (χ0n) is 6.26. The Hall–Kier alpha value is -1.32. The molecule has 1 aliphatic heterocycles. The number of nitrogens with two attached hydrogens (primary N) is 1. The summed E-state index contributed by atoms with van der Waals surface area (Å²) in [5.74, 6) is -0.640. The van der Waals surface area contributed by atoms with Crippen molar-refractivity contribution in [3.05, 3.63) is 16.0 Å². The molecule has 72 valence electrons. The second-order valence-corrected chi connectivity index (χ2v) is 3.67. The zero-order chi connectivity index (χ0) is 10.2. The fourth-order valence-electron chi connectivity index (χ4n) is 0.733. The van der Waals surface area contributed by atoms with Crippen LogP contribution in [0.25, 0.3) is 0 Å².